The molecule has 1 unspecified atom stereocenters. The molecule has 3 N–H and O–H groups in total. The molecule has 100 valence electrons. The molecule has 1 amide bonds. The van der Waals surface area contributed by atoms with Crippen LogP contribution in [-0.2, 0) is 17.6 Å². The van der Waals surface area contributed by atoms with Crippen molar-refractivity contribution in [2.24, 2.45) is 5.73 Å². The van der Waals surface area contributed by atoms with Crippen molar-refractivity contribution >= 4 is 17.2 Å². The van der Waals surface area contributed by atoms with Gasteiger partial charge in [0.15, 0.2) is 0 Å². The highest BCUT2D eigenvalue weighted by molar-refractivity contribution is 7.07. The second-order valence-corrected chi connectivity index (χ2v) is 5.04. The van der Waals surface area contributed by atoms with E-state index in [1.165, 1.54) is 0 Å². The van der Waals surface area contributed by atoms with Crippen LogP contribution in [0.3, 0.4) is 0 Å². The fourth-order valence-electron chi connectivity index (χ4n) is 1.77. The van der Waals surface area contributed by atoms with Crippen molar-refractivity contribution in [2.45, 2.75) is 18.9 Å². The van der Waals surface area contributed by atoms with Crippen LogP contribution in [0.1, 0.15) is 11.3 Å². The number of hydrogen-bond acceptors (Lipinski definition) is 4. The molecule has 0 bridgehead atoms. The van der Waals surface area contributed by atoms with Crippen LogP contribution in [0.15, 0.2) is 41.2 Å². The Balaban J connectivity index is 1.73. The van der Waals surface area contributed by atoms with Crippen LogP contribution in [0, 0.1) is 0 Å². The highest BCUT2D eigenvalue weighted by atomic mass is 32.1. The van der Waals surface area contributed by atoms with E-state index in [1.54, 1.807) is 16.8 Å². The largest absolute Gasteiger partial charge is 0.354 e. The first kappa shape index (κ1) is 13.7. The maximum absolute atomic E-state index is 11.8. The molecule has 0 radical (unpaired) electrons. The van der Waals surface area contributed by atoms with Gasteiger partial charge in [-0.1, -0.05) is 30.3 Å². The van der Waals surface area contributed by atoms with Gasteiger partial charge in [-0.05, 0) is 12.0 Å². The van der Waals surface area contributed by atoms with E-state index in [2.05, 4.69) is 10.3 Å². The summed E-state index contributed by atoms with van der Waals surface area (Å²) in [6.07, 6.45) is 1.30. The van der Waals surface area contributed by atoms with Gasteiger partial charge >= 0.3 is 0 Å². The van der Waals surface area contributed by atoms with Gasteiger partial charge in [0.25, 0.3) is 0 Å². The normalized spacial score (nSPS) is 12.1. The molecule has 1 aromatic carbocycles. The minimum atomic E-state index is -0.502. The highest BCUT2D eigenvalue weighted by Gasteiger charge is 2.13. The van der Waals surface area contributed by atoms with Gasteiger partial charge in [-0.15, -0.1) is 11.3 Å². The zero-order chi connectivity index (χ0) is 13.5. The molecule has 4 nitrogen and oxygen atoms in total. The molecular formula is C14H17N3OS. The van der Waals surface area contributed by atoms with Gasteiger partial charge in [-0.2, -0.15) is 0 Å². The number of nitrogens with one attached hydrogen (secondary N) is 1. The summed E-state index contributed by atoms with van der Waals surface area (Å²) >= 11 is 1.56. The van der Waals surface area contributed by atoms with E-state index in [9.17, 15) is 4.79 Å². The molecule has 0 spiro atoms. The average Bonchev–Trinajstić information content (AvgIpc) is 2.93. The summed E-state index contributed by atoms with van der Waals surface area (Å²) < 4.78 is 0. The lowest BCUT2D eigenvalue weighted by molar-refractivity contribution is -0.122. The topological polar surface area (TPSA) is 68.0 Å². The van der Waals surface area contributed by atoms with Crippen molar-refractivity contribution in [3.63, 3.8) is 0 Å². The molecule has 5 heteroatoms. The molecule has 0 aliphatic carbocycles. The molecule has 0 aliphatic heterocycles. The van der Waals surface area contributed by atoms with Crippen LogP contribution < -0.4 is 11.1 Å². The van der Waals surface area contributed by atoms with Crippen molar-refractivity contribution in [2.75, 3.05) is 6.54 Å². The molecule has 0 fully saturated rings. The lowest BCUT2D eigenvalue weighted by Gasteiger charge is -2.11. The maximum Gasteiger partial charge on any atom is 0.237 e. The smallest absolute Gasteiger partial charge is 0.237 e. The molecule has 1 heterocycles. The minimum Gasteiger partial charge on any atom is -0.354 e. The van der Waals surface area contributed by atoms with Crippen LogP contribution in [0.4, 0.5) is 0 Å². The van der Waals surface area contributed by atoms with E-state index in [4.69, 9.17) is 5.73 Å². The van der Waals surface area contributed by atoms with Gasteiger partial charge in [-0.3, -0.25) is 4.79 Å². The van der Waals surface area contributed by atoms with Crippen LogP contribution in [-0.4, -0.2) is 23.5 Å². The molecule has 1 aromatic heterocycles. The summed E-state index contributed by atoms with van der Waals surface area (Å²) in [5.74, 6) is -0.112. The first-order valence-electron chi connectivity index (χ1n) is 6.20. The Kier molecular flexibility index (Phi) is 5.06. The second-order valence-electron chi connectivity index (χ2n) is 4.32. The Morgan fingerprint density at radius 1 is 1.37 bits per heavy atom. The van der Waals surface area contributed by atoms with Crippen LogP contribution in [0.2, 0.25) is 0 Å². The number of rotatable bonds is 6. The molecule has 0 saturated carbocycles. The summed E-state index contributed by atoms with van der Waals surface area (Å²) in [6.45, 7) is 0.574. The number of amides is 1. The second kappa shape index (κ2) is 7.01. The number of benzene rings is 1. The fraction of sp³-hybridized carbons (Fsp3) is 0.286. The lowest BCUT2D eigenvalue weighted by Crippen LogP contribution is -2.42. The first-order chi connectivity index (χ1) is 9.25. The zero-order valence-corrected chi connectivity index (χ0v) is 11.4. The van der Waals surface area contributed by atoms with E-state index in [-0.39, 0.29) is 5.91 Å². The fourth-order valence-corrected chi connectivity index (χ4v) is 2.36. The van der Waals surface area contributed by atoms with Crippen molar-refractivity contribution in [1.29, 1.82) is 0 Å². The van der Waals surface area contributed by atoms with E-state index >= 15 is 0 Å². The summed E-state index contributed by atoms with van der Waals surface area (Å²) in [6, 6.07) is 9.29. The van der Waals surface area contributed by atoms with Crippen molar-refractivity contribution < 1.29 is 4.79 Å². The summed E-state index contributed by atoms with van der Waals surface area (Å²) in [7, 11) is 0. The summed E-state index contributed by atoms with van der Waals surface area (Å²) in [4.78, 5) is 16.0. The maximum atomic E-state index is 11.8. The number of nitrogens with zero attached hydrogens (tertiary/aromatic N) is 1. The van der Waals surface area contributed by atoms with Crippen LogP contribution >= 0.6 is 11.3 Å². The third-order valence-electron chi connectivity index (χ3n) is 2.80. The zero-order valence-electron chi connectivity index (χ0n) is 10.6. The molecule has 2 aromatic rings. The van der Waals surface area contributed by atoms with Gasteiger partial charge < -0.3 is 11.1 Å². The number of hydrogen-bond donors (Lipinski definition) is 2. The summed E-state index contributed by atoms with van der Waals surface area (Å²) in [5, 5.41) is 4.82. The summed E-state index contributed by atoms with van der Waals surface area (Å²) in [5.41, 5.74) is 9.75. The quantitative estimate of drug-likeness (QED) is 0.836. The van der Waals surface area contributed by atoms with Crippen molar-refractivity contribution in [3.05, 3.63) is 52.5 Å². The Labute approximate surface area is 116 Å². The predicted octanol–water partition coefficient (Wildman–Crippen LogP) is 1.37. The number of thiazole rings is 1. The van der Waals surface area contributed by atoms with E-state index < -0.39 is 6.04 Å². The van der Waals surface area contributed by atoms with Crippen LogP contribution in [0.5, 0.6) is 0 Å². The molecule has 0 saturated heterocycles. The Morgan fingerprint density at radius 2 is 2.16 bits per heavy atom. The Bertz CT molecular complexity index is 499. The Morgan fingerprint density at radius 3 is 2.84 bits per heavy atom. The number of carbonyl (C=O) groups is 1. The number of carbonyl (C=O) groups excluding carboxylic acids is 1. The van der Waals surface area contributed by atoms with Gasteiger partial charge in [0.1, 0.15) is 0 Å². The monoisotopic (exact) mass is 275 g/mol. The van der Waals surface area contributed by atoms with Gasteiger partial charge in [-0.25, -0.2) is 4.98 Å². The van der Waals surface area contributed by atoms with Gasteiger partial charge in [0.2, 0.25) is 5.91 Å². The molecule has 2 rings (SSSR count). The van der Waals surface area contributed by atoms with E-state index in [0.29, 0.717) is 13.0 Å². The predicted molar refractivity (Wildman–Crippen MR) is 76.9 cm³/mol. The molecule has 0 aliphatic rings. The number of aromatic nitrogens is 1. The van der Waals surface area contributed by atoms with Gasteiger partial charge in [0, 0.05) is 18.3 Å². The lowest BCUT2D eigenvalue weighted by atomic mass is 10.1. The van der Waals surface area contributed by atoms with Crippen molar-refractivity contribution in [1.82, 2.24) is 10.3 Å². The van der Waals surface area contributed by atoms with Gasteiger partial charge in [0.05, 0.1) is 17.2 Å². The van der Waals surface area contributed by atoms with E-state index in [0.717, 1.165) is 17.7 Å². The number of nitrogens with two attached hydrogens (primary N) is 1. The highest BCUT2D eigenvalue weighted by Crippen LogP contribution is 2.03. The molecule has 1 atom stereocenters. The first-order valence-corrected chi connectivity index (χ1v) is 7.14. The standard InChI is InChI=1S/C14H17N3OS/c15-13(8-11-4-2-1-3-5-11)14(18)16-7-6-12-9-19-10-17-12/h1-5,9-10,13H,6-8,15H2,(H,16,18). The average molecular weight is 275 g/mol. The Hall–Kier alpha value is -1.72. The SMILES string of the molecule is NC(Cc1ccccc1)C(=O)NCCc1cscn1. The van der Waals surface area contributed by atoms with Crippen molar-refractivity contribution in [3.8, 4) is 0 Å². The third-order valence-corrected chi connectivity index (χ3v) is 3.43. The van der Waals surface area contributed by atoms with Crippen LogP contribution in [0.25, 0.3) is 0 Å². The molecule has 19 heavy (non-hydrogen) atoms. The third kappa shape index (κ3) is 4.46. The van der Waals surface area contributed by atoms with E-state index in [1.807, 2.05) is 35.7 Å². The molecular weight excluding hydrogens is 258 g/mol. The minimum absolute atomic E-state index is 0.112.